The van der Waals surface area contributed by atoms with Crippen LogP contribution < -0.4 is 20.7 Å². The highest BCUT2D eigenvalue weighted by Gasteiger charge is 2.21. The van der Waals surface area contributed by atoms with E-state index in [-0.39, 0.29) is 29.6 Å². The molecule has 0 aliphatic rings. The molecule has 11 heteroatoms. The van der Waals surface area contributed by atoms with E-state index in [1.54, 1.807) is 28.9 Å². The zero-order valence-corrected chi connectivity index (χ0v) is 22.5. The number of carbonyl (C=O) groups is 2. The van der Waals surface area contributed by atoms with Gasteiger partial charge in [0.2, 0.25) is 5.88 Å². The second-order valence-electron chi connectivity index (χ2n) is 9.84. The summed E-state index contributed by atoms with van der Waals surface area (Å²) in [5.74, 6) is 1.23. The Morgan fingerprint density at radius 2 is 1.64 bits per heavy atom. The van der Waals surface area contributed by atoms with Gasteiger partial charge in [0.25, 0.3) is 5.91 Å². The third-order valence-corrected chi connectivity index (χ3v) is 5.52. The molecule has 0 radical (unpaired) electrons. The molecule has 0 aliphatic heterocycles. The van der Waals surface area contributed by atoms with Gasteiger partial charge >= 0.3 is 6.03 Å². The van der Waals surface area contributed by atoms with Gasteiger partial charge in [-0.3, -0.25) is 10.1 Å². The Labute approximate surface area is 226 Å². The van der Waals surface area contributed by atoms with Crippen LogP contribution in [0.5, 0.6) is 11.6 Å². The molecule has 202 valence electrons. The normalized spacial score (nSPS) is 11.1. The largest absolute Gasteiger partial charge is 0.439 e. The molecule has 3 amide bonds. The van der Waals surface area contributed by atoms with Crippen molar-refractivity contribution in [3.05, 3.63) is 78.2 Å². The van der Waals surface area contributed by atoms with Gasteiger partial charge < -0.3 is 20.1 Å². The first-order valence-corrected chi connectivity index (χ1v) is 12.2. The Morgan fingerprint density at radius 3 is 2.31 bits per heavy atom. The van der Waals surface area contributed by atoms with E-state index >= 15 is 0 Å². The summed E-state index contributed by atoms with van der Waals surface area (Å²) in [6.07, 6.45) is 1.28. The minimum absolute atomic E-state index is 0.0890. The van der Waals surface area contributed by atoms with E-state index in [1.807, 2.05) is 37.3 Å². The second kappa shape index (κ2) is 11.7. The van der Waals surface area contributed by atoms with Crippen molar-refractivity contribution in [3.8, 4) is 17.3 Å². The summed E-state index contributed by atoms with van der Waals surface area (Å²) in [6, 6.07) is 17.7. The number of benzene rings is 2. The molecule has 0 saturated carbocycles. The number of aryl methyl sites for hydroxylation is 1. The SMILES string of the molecule is COCC(=O)Nc1cc(Oc2ccc(NC(=O)Nc3cc(C(C)(C)C)nn3-c3ccc(C)cc3)cc2)ncn1. The number of nitrogens with one attached hydrogen (secondary N) is 3. The van der Waals surface area contributed by atoms with Crippen molar-refractivity contribution in [2.75, 3.05) is 29.7 Å². The molecule has 0 atom stereocenters. The molecule has 2 aromatic carbocycles. The third-order valence-electron chi connectivity index (χ3n) is 5.52. The van der Waals surface area contributed by atoms with Crippen molar-refractivity contribution < 1.29 is 19.1 Å². The summed E-state index contributed by atoms with van der Waals surface area (Å²) < 4.78 is 12.3. The number of methoxy groups -OCH3 is 1. The monoisotopic (exact) mass is 529 g/mol. The molecular formula is C28H31N7O4. The van der Waals surface area contributed by atoms with Crippen LogP contribution in [0.4, 0.5) is 22.1 Å². The van der Waals surface area contributed by atoms with Crippen LogP contribution >= 0.6 is 0 Å². The smallest absolute Gasteiger partial charge is 0.324 e. The maximum absolute atomic E-state index is 12.9. The number of hydrogen-bond acceptors (Lipinski definition) is 7. The van der Waals surface area contributed by atoms with Gasteiger partial charge in [-0.05, 0) is 43.3 Å². The number of urea groups is 1. The number of hydrogen-bond donors (Lipinski definition) is 3. The number of ether oxygens (including phenoxy) is 2. The van der Waals surface area contributed by atoms with E-state index in [0.717, 1.165) is 16.9 Å². The summed E-state index contributed by atoms with van der Waals surface area (Å²) in [5.41, 5.74) is 3.20. The number of nitrogens with zero attached hydrogens (tertiary/aromatic N) is 4. The summed E-state index contributed by atoms with van der Waals surface area (Å²) in [6.45, 7) is 8.14. The van der Waals surface area contributed by atoms with Crippen LogP contribution in [0.15, 0.2) is 67.0 Å². The van der Waals surface area contributed by atoms with Gasteiger partial charge in [-0.2, -0.15) is 5.10 Å². The lowest BCUT2D eigenvalue weighted by molar-refractivity contribution is -0.119. The minimum Gasteiger partial charge on any atom is -0.439 e. The molecule has 0 unspecified atom stereocenters. The van der Waals surface area contributed by atoms with Crippen molar-refractivity contribution in [2.45, 2.75) is 33.1 Å². The Hall–Kier alpha value is -4.77. The average Bonchev–Trinajstić information content (AvgIpc) is 3.30. The Kier molecular flexibility index (Phi) is 8.21. The molecule has 2 aromatic heterocycles. The van der Waals surface area contributed by atoms with Gasteiger partial charge in [0.1, 0.15) is 30.3 Å². The summed E-state index contributed by atoms with van der Waals surface area (Å²) >= 11 is 0. The van der Waals surface area contributed by atoms with Gasteiger partial charge in [0.05, 0.1) is 11.4 Å². The molecule has 0 spiro atoms. The van der Waals surface area contributed by atoms with Crippen molar-refractivity contribution in [1.29, 1.82) is 0 Å². The summed E-state index contributed by atoms with van der Waals surface area (Å²) in [7, 11) is 1.43. The maximum atomic E-state index is 12.9. The van der Waals surface area contributed by atoms with Crippen LogP contribution in [0, 0.1) is 6.92 Å². The maximum Gasteiger partial charge on any atom is 0.324 e. The predicted octanol–water partition coefficient (Wildman–Crippen LogP) is 5.29. The van der Waals surface area contributed by atoms with Gasteiger partial charge in [0, 0.05) is 30.3 Å². The van der Waals surface area contributed by atoms with Crippen LogP contribution in [0.2, 0.25) is 0 Å². The van der Waals surface area contributed by atoms with E-state index in [4.69, 9.17) is 14.6 Å². The van der Waals surface area contributed by atoms with E-state index in [2.05, 4.69) is 46.7 Å². The van der Waals surface area contributed by atoms with Crippen LogP contribution in [-0.4, -0.2) is 45.4 Å². The van der Waals surface area contributed by atoms with Crippen LogP contribution in [0.1, 0.15) is 32.0 Å². The molecule has 3 N–H and O–H groups in total. The molecule has 0 fully saturated rings. The lowest BCUT2D eigenvalue weighted by atomic mass is 9.92. The van der Waals surface area contributed by atoms with Gasteiger partial charge in [-0.15, -0.1) is 0 Å². The fourth-order valence-electron chi connectivity index (χ4n) is 3.50. The molecule has 0 aliphatic carbocycles. The number of amides is 3. The lowest BCUT2D eigenvalue weighted by Gasteiger charge is -2.14. The Bertz CT molecular complexity index is 1440. The van der Waals surface area contributed by atoms with Crippen molar-refractivity contribution in [2.24, 2.45) is 0 Å². The highest BCUT2D eigenvalue weighted by molar-refractivity contribution is 5.99. The first kappa shape index (κ1) is 27.3. The standard InChI is InChI=1S/C28H31N7O4/c1-18-6-10-20(11-7-18)35-24(14-22(34-35)28(2,3)4)33-27(37)31-19-8-12-21(13-9-19)39-26-15-23(29-17-30-26)32-25(36)16-38-5/h6-15,17H,16H2,1-5H3,(H2,31,33,37)(H,29,30,32,36). The molecule has 0 saturated heterocycles. The van der Waals surface area contributed by atoms with E-state index in [1.165, 1.54) is 19.5 Å². The molecule has 39 heavy (non-hydrogen) atoms. The minimum atomic E-state index is -0.412. The quantitative estimate of drug-likeness (QED) is 0.282. The molecular weight excluding hydrogens is 498 g/mol. The van der Waals surface area contributed by atoms with Gasteiger partial charge in [-0.1, -0.05) is 38.5 Å². The number of anilines is 3. The molecule has 4 rings (SSSR count). The average molecular weight is 530 g/mol. The van der Waals surface area contributed by atoms with Crippen LogP contribution in [0.3, 0.4) is 0 Å². The Morgan fingerprint density at radius 1 is 0.923 bits per heavy atom. The molecule has 4 aromatic rings. The third kappa shape index (κ3) is 7.39. The molecule has 11 nitrogen and oxygen atoms in total. The van der Waals surface area contributed by atoms with Crippen LogP contribution in [0.25, 0.3) is 5.69 Å². The topological polar surface area (TPSA) is 132 Å². The highest BCUT2D eigenvalue weighted by Crippen LogP contribution is 2.27. The molecule has 0 bridgehead atoms. The zero-order chi connectivity index (χ0) is 28.0. The second-order valence-corrected chi connectivity index (χ2v) is 9.84. The van der Waals surface area contributed by atoms with Crippen molar-refractivity contribution in [3.63, 3.8) is 0 Å². The van der Waals surface area contributed by atoms with Gasteiger partial charge in [0.15, 0.2) is 0 Å². The fraction of sp³-hybridized carbons (Fsp3) is 0.250. The van der Waals surface area contributed by atoms with Crippen molar-refractivity contribution in [1.82, 2.24) is 19.7 Å². The fourth-order valence-corrected chi connectivity index (χ4v) is 3.50. The Balaban J connectivity index is 1.42. The highest BCUT2D eigenvalue weighted by atomic mass is 16.5. The zero-order valence-electron chi connectivity index (χ0n) is 22.5. The predicted molar refractivity (Wildman–Crippen MR) is 149 cm³/mol. The lowest BCUT2D eigenvalue weighted by Crippen LogP contribution is -2.21. The summed E-state index contributed by atoms with van der Waals surface area (Å²) in [4.78, 5) is 32.6. The van der Waals surface area contributed by atoms with E-state index in [0.29, 0.717) is 17.3 Å². The number of carbonyl (C=O) groups excluding carboxylic acids is 2. The van der Waals surface area contributed by atoms with E-state index in [9.17, 15) is 9.59 Å². The number of aromatic nitrogens is 4. The summed E-state index contributed by atoms with van der Waals surface area (Å²) in [5, 5.41) is 13.1. The first-order chi connectivity index (χ1) is 18.6. The van der Waals surface area contributed by atoms with E-state index < -0.39 is 6.03 Å². The van der Waals surface area contributed by atoms with Crippen molar-refractivity contribution >= 4 is 29.3 Å². The molecule has 2 heterocycles. The first-order valence-electron chi connectivity index (χ1n) is 12.2. The van der Waals surface area contributed by atoms with Crippen LogP contribution in [-0.2, 0) is 14.9 Å². The van der Waals surface area contributed by atoms with Gasteiger partial charge in [-0.25, -0.2) is 19.4 Å². The number of rotatable bonds is 8.